The molecule has 5 heteroatoms. The zero-order valence-electron chi connectivity index (χ0n) is 9.82. The van der Waals surface area contributed by atoms with Crippen molar-refractivity contribution in [3.63, 3.8) is 0 Å². The number of hydrogen-bond donors (Lipinski definition) is 1. The molecule has 0 atom stereocenters. The zero-order valence-corrected chi connectivity index (χ0v) is 9.82. The summed E-state index contributed by atoms with van der Waals surface area (Å²) in [7, 11) is 1.79. The van der Waals surface area contributed by atoms with E-state index in [-0.39, 0.29) is 11.7 Å². The van der Waals surface area contributed by atoms with Crippen LogP contribution in [0, 0.1) is 5.82 Å². The number of nitrogens with zero attached hydrogens (tertiary/aromatic N) is 2. The molecule has 17 heavy (non-hydrogen) atoms. The fourth-order valence-corrected chi connectivity index (χ4v) is 1.89. The van der Waals surface area contributed by atoms with Crippen molar-refractivity contribution in [2.45, 2.75) is 6.54 Å². The number of benzene rings is 1. The number of halogens is 1. The minimum atomic E-state index is -0.297. The number of amides is 1. The van der Waals surface area contributed by atoms with Crippen molar-refractivity contribution in [3.05, 3.63) is 29.6 Å². The second-order valence-electron chi connectivity index (χ2n) is 4.37. The number of likely N-dealkylation sites (N-methyl/N-ethyl adjacent to an activating group) is 1. The third-order valence-electron chi connectivity index (χ3n) is 3.04. The largest absolute Gasteiger partial charge is 0.398 e. The van der Waals surface area contributed by atoms with Crippen LogP contribution in [0.1, 0.15) is 5.56 Å². The van der Waals surface area contributed by atoms with Gasteiger partial charge in [0.25, 0.3) is 0 Å². The van der Waals surface area contributed by atoms with Crippen LogP contribution in [0.3, 0.4) is 0 Å². The summed E-state index contributed by atoms with van der Waals surface area (Å²) in [6.07, 6.45) is 0. The summed E-state index contributed by atoms with van der Waals surface area (Å²) in [4.78, 5) is 15.2. The maximum absolute atomic E-state index is 13.1. The molecular weight excluding hydrogens is 221 g/mol. The first-order valence-electron chi connectivity index (χ1n) is 5.56. The lowest BCUT2D eigenvalue weighted by atomic mass is 10.1. The van der Waals surface area contributed by atoms with Crippen molar-refractivity contribution in [1.82, 2.24) is 9.80 Å². The second-order valence-corrected chi connectivity index (χ2v) is 4.37. The lowest BCUT2D eigenvalue weighted by Gasteiger charge is -2.32. The van der Waals surface area contributed by atoms with E-state index in [1.54, 1.807) is 18.0 Å². The van der Waals surface area contributed by atoms with Gasteiger partial charge in [0, 0.05) is 32.4 Å². The van der Waals surface area contributed by atoms with E-state index in [4.69, 9.17) is 5.73 Å². The van der Waals surface area contributed by atoms with Gasteiger partial charge >= 0.3 is 0 Å². The fraction of sp³-hybridized carbons (Fsp3) is 0.417. The molecular formula is C12H16FN3O. The molecule has 1 heterocycles. The third-order valence-corrected chi connectivity index (χ3v) is 3.04. The van der Waals surface area contributed by atoms with Crippen molar-refractivity contribution >= 4 is 11.6 Å². The first kappa shape index (κ1) is 11.9. The maximum atomic E-state index is 13.1. The third kappa shape index (κ3) is 2.74. The van der Waals surface area contributed by atoms with Gasteiger partial charge in [0.15, 0.2) is 0 Å². The smallest absolute Gasteiger partial charge is 0.236 e. The molecule has 1 fully saturated rings. The van der Waals surface area contributed by atoms with E-state index >= 15 is 0 Å². The Morgan fingerprint density at radius 1 is 1.41 bits per heavy atom. The molecule has 0 aliphatic carbocycles. The molecule has 0 radical (unpaired) electrons. The highest BCUT2D eigenvalue weighted by Gasteiger charge is 2.21. The molecule has 0 spiro atoms. The molecule has 1 amide bonds. The van der Waals surface area contributed by atoms with Crippen LogP contribution in [0.5, 0.6) is 0 Å². The number of hydrogen-bond acceptors (Lipinski definition) is 3. The minimum absolute atomic E-state index is 0.0891. The molecule has 0 saturated carbocycles. The molecule has 1 saturated heterocycles. The molecule has 1 aromatic rings. The lowest BCUT2D eigenvalue weighted by Crippen LogP contribution is -2.48. The molecule has 2 rings (SSSR count). The maximum Gasteiger partial charge on any atom is 0.236 e. The highest BCUT2D eigenvalue weighted by atomic mass is 19.1. The van der Waals surface area contributed by atoms with E-state index in [2.05, 4.69) is 0 Å². The summed E-state index contributed by atoms with van der Waals surface area (Å²) in [5.74, 6) is -0.208. The Labute approximate surface area is 99.8 Å². The first-order chi connectivity index (χ1) is 8.06. The van der Waals surface area contributed by atoms with Crippen LogP contribution in [-0.4, -0.2) is 42.4 Å². The molecule has 4 nitrogen and oxygen atoms in total. The summed E-state index contributed by atoms with van der Waals surface area (Å²) in [6.45, 7) is 2.38. The Morgan fingerprint density at radius 2 is 2.18 bits per heavy atom. The normalized spacial score (nSPS) is 17.5. The number of nitrogens with two attached hydrogens (primary N) is 1. The minimum Gasteiger partial charge on any atom is -0.398 e. The molecule has 0 unspecified atom stereocenters. The zero-order chi connectivity index (χ0) is 12.4. The Bertz CT molecular complexity index is 436. The average molecular weight is 237 g/mol. The number of rotatable bonds is 2. The summed E-state index contributed by atoms with van der Waals surface area (Å²) >= 11 is 0. The second kappa shape index (κ2) is 4.71. The van der Waals surface area contributed by atoms with Gasteiger partial charge in [-0.05, 0) is 23.8 Å². The van der Waals surface area contributed by atoms with Gasteiger partial charge in [0.2, 0.25) is 5.91 Å². The molecule has 0 aromatic heterocycles. The number of nitrogen functional groups attached to an aromatic ring is 1. The van der Waals surface area contributed by atoms with Gasteiger partial charge in [0.1, 0.15) is 5.82 Å². The number of anilines is 1. The molecule has 0 bridgehead atoms. The number of piperazine rings is 1. The first-order valence-corrected chi connectivity index (χ1v) is 5.56. The Balaban J connectivity index is 2.06. The van der Waals surface area contributed by atoms with Crippen LogP contribution in [0.4, 0.5) is 10.1 Å². The van der Waals surface area contributed by atoms with Gasteiger partial charge in [-0.3, -0.25) is 9.69 Å². The van der Waals surface area contributed by atoms with Crippen molar-refractivity contribution in [2.75, 3.05) is 32.4 Å². The fourth-order valence-electron chi connectivity index (χ4n) is 1.89. The van der Waals surface area contributed by atoms with E-state index in [0.717, 1.165) is 12.1 Å². The number of carbonyl (C=O) groups is 1. The van der Waals surface area contributed by atoms with Crippen LogP contribution in [0.2, 0.25) is 0 Å². The van der Waals surface area contributed by atoms with Gasteiger partial charge in [-0.1, -0.05) is 0 Å². The molecule has 92 valence electrons. The highest BCUT2D eigenvalue weighted by Crippen LogP contribution is 2.16. The Morgan fingerprint density at radius 3 is 2.88 bits per heavy atom. The summed E-state index contributed by atoms with van der Waals surface area (Å²) in [5.41, 5.74) is 7.09. The van der Waals surface area contributed by atoms with Crippen molar-refractivity contribution < 1.29 is 9.18 Å². The molecule has 1 aliphatic rings. The van der Waals surface area contributed by atoms with Crippen molar-refractivity contribution in [2.24, 2.45) is 0 Å². The van der Waals surface area contributed by atoms with Crippen LogP contribution in [-0.2, 0) is 11.3 Å². The van der Waals surface area contributed by atoms with Crippen LogP contribution >= 0.6 is 0 Å². The van der Waals surface area contributed by atoms with Crippen molar-refractivity contribution in [3.8, 4) is 0 Å². The van der Waals surface area contributed by atoms with Crippen LogP contribution in [0.25, 0.3) is 0 Å². The Kier molecular flexibility index (Phi) is 3.28. The van der Waals surface area contributed by atoms with Gasteiger partial charge in [-0.2, -0.15) is 0 Å². The quantitative estimate of drug-likeness (QED) is 0.770. The topological polar surface area (TPSA) is 49.6 Å². The van der Waals surface area contributed by atoms with Gasteiger partial charge in [-0.25, -0.2) is 4.39 Å². The summed E-state index contributed by atoms with van der Waals surface area (Å²) < 4.78 is 13.1. The average Bonchev–Trinajstić information content (AvgIpc) is 2.29. The van der Waals surface area contributed by atoms with Crippen LogP contribution < -0.4 is 5.73 Å². The number of carbonyl (C=O) groups excluding carboxylic acids is 1. The lowest BCUT2D eigenvalue weighted by molar-refractivity contribution is -0.134. The highest BCUT2D eigenvalue weighted by molar-refractivity contribution is 5.78. The van der Waals surface area contributed by atoms with Gasteiger partial charge in [0.05, 0.1) is 6.54 Å². The van der Waals surface area contributed by atoms with Gasteiger partial charge in [-0.15, -0.1) is 0 Å². The summed E-state index contributed by atoms with van der Waals surface area (Å²) in [6, 6.07) is 4.33. The van der Waals surface area contributed by atoms with Crippen LogP contribution in [0.15, 0.2) is 18.2 Å². The molecule has 2 N–H and O–H groups in total. The van der Waals surface area contributed by atoms with Crippen molar-refractivity contribution in [1.29, 1.82) is 0 Å². The van der Waals surface area contributed by atoms with E-state index in [1.165, 1.54) is 12.1 Å². The van der Waals surface area contributed by atoms with Gasteiger partial charge < -0.3 is 10.6 Å². The summed E-state index contributed by atoms with van der Waals surface area (Å²) in [5, 5.41) is 0. The standard InChI is InChI=1S/C12H16FN3O/c1-15-4-5-16(8-12(15)17)7-9-6-10(13)2-3-11(9)14/h2-3,6H,4-5,7-8,14H2,1H3. The van der Waals surface area contributed by atoms with E-state index in [0.29, 0.717) is 25.3 Å². The molecule has 1 aromatic carbocycles. The van der Waals surface area contributed by atoms with E-state index in [9.17, 15) is 9.18 Å². The predicted octanol–water partition coefficient (Wildman–Crippen LogP) is 0.682. The Hall–Kier alpha value is -1.62. The monoisotopic (exact) mass is 237 g/mol. The van der Waals surface area contributed by atoms with E-state index in [1.807, 2.05) is 4.90 Å². The SMILES string of the molecule is CN1CCN(Cc2cc(F)ccc2N)CC1=O. The predicted molar refractivity (Wildman–Crippen MR) is 63.7 cm³/mol. The molecule has 1 aliphatic heterocycles. The van der Waals surface area contributed by atoms with E-state index < -0.39 is 0 Å².